The van der Waals surface area contributed by atoms with Crippen LogP contribution in [-0.2, 0) is 9.53 Å². The van der Waals surface area contributed by atoms with Crippen LogP contribution in [0.5, 0.6) is 0 Å². The van der Waals surface area contributed by atoms with Crippen LogP contribution in [0.15, 0.2) is 0 Å². The molecule has 2 atom stereocenters. The van der Waals surface area contributed by atoms with Crippen molar-refractivity contribution in [3.05, 3.63) is 0 Å². The summed E-state index contributed by atoms with van der Waals surface area (Å²) >= 11 is 0. The quantitative estimate of drug-likeness (QED) is 0.468. The van der Waals surface area contributed by atoms with Crippen LogP contribution in [0.1, 0.15) is 46.0 Å². The Morgan fingerprint density at radius 1 is 1.50 bits per heavy atom. The van der Waals surface area contributed by atoms with Crippen LogP contribution in [0.4, 0.5) is 0 Å². The Labute approximate surface area is 74.3 Å². The Balaban J connectivity index is 1.97. The highest BCUT2D eigenvalue weighted by molar-refractivity contribution is 5.66. The molecule has 0 amide bonds. The van der Waals surface area contributed by atoms with Crippen molar-refractivity contribution in [1.82, 2.24) is 0 Å². The fraction of sp³-hybridized carbons (Fsp3) is 0.900. The second-order valence-corrected chi connectivity index (χ2v) is 3.64. The predicted octanol–water partition coefficient (Wildman–Crippen LogP) is 2.52. The van der Waals surface area contributed by atoms with Gasteiger partial charge in [-0.2, -0.15) is 0 Å². The van der Waals surface area contributed by atoms with Crippen molar-refractivity contribution in [2.75, 3.05) is 0 Å². The molecule has 0 heterocycles. The van der Waals surface area contributed by atoms with Crippen LogP contribution in [-0.4, -0.2) is 12.1 Å². The summed E-state index contributed by atoms with van der Waals surface area (Å²) < 4.78 is 5.07. The summed E-state index contributed by atoms with van der Waals surface area (Å²) in [6.07, 6.45) is 6.47. The van der Waals surface area contributed by atoms with Crippen molar-refractivity contribution in [2.24, 2.45) is 5.92 Å². The van der Waals surface area contributed by atoms with E-state index in [1.165, 1.54) is 32.6 Å². The fourth-order valence-corrected chi connectivity index (χ4v) is 1.54. The molecular weight excluding hydrogens is 152 g/mol. The van der Waals surface area contributed by atoms with Crippen LogP contribution in [0.3, 0.4) is 0 Å². The molecule has 12 heavy (non-hydrogen) atoms. The van der Waals surface area contributed by atoms with E-state index in [0.717, 1.165) is 6.42 Å². The van der Waals surface area contributed by atoms with E-state index < -0.39 is 0 Å². The molecule has 0 saturated heterocycles. The first-order valence-electron chi connectivity index (χ1n) is 4.91. The highest BCUT2D eigenvalue weighted by atomic mass is 16.5. The number of hydrogen-bond acceptors (Lipinski definition) is 2. The molecule has 1 saturated carbocycles. The van der Waals surface area contributed by atoms with E-state index in [4.69, 9.17) is 4.74 Å². The molecule has 1 rings (SSSR count). The molecular formula is C10H18O2. The number of carbonyl (C=O) groups is 1. The number of esters is 1. The SMILES string of the molecule is CCCCC[C@H]1C[C@H]1OC(C)=O. The number of rotatable bonds is 5. The lowest BCUT2D eigenvalue weighted by Gasteiger charge is -1.99. The third kappa shape index (κ3) is 3.24. The standard InChI is InChI=1S/C10H18O2/c1-3-4-5-6-9-7-10(9)12-8(2)11/h9-10H,3-7H2,1-2H3/t9-,10+/m0/s1. The first kappa shape index (κ1) is 9.56. The zero-order valence-corrected chi connectivity index (χ0v) is 8.01. The van der Waals surface area contributed by atoms with Gasteiger partial charge < -0.3 is 4.74 Å². The highest BCUT2D eigenvalue weighted by Gasteiger charge is 2.39. The molecule has 0 aliphatic heterocycles. The van der Waals surface area contributed by atoms with E-state index in [-0.39, 0.29) is 12.1 Å². The highest BCUT2D eigenvalue weighted by Crippen LogP contribution is 2.38. The largest absolute Gasteiger partial charge is 0.462 e. The summed E-state index contributed by atoms with van der Waals surface area (Å²) in [5, 5.41) is 0. The molecule has 2 nitrogen and oxygen atoms in total. The second-order valence-electron chi connectivity index (χ2n) is 3.64. The maximum atomic E-state index is 10.5. The van der Waals surface area contributed by atoms with Gasteiger partial charge in [0.2, 0.25) is 0 Å². The predicted molar refractivity (Wildman–Crippen MR) is 47.8 cm³/mol. The van der Waals surface area contributed by atoms with Crippen LogP contribution < -0.4 is 0 Å². The molecule has 0 bridgehead atoms. The minimum absolute atomic E-state index is 0.127. The van der Waals surface area contributed by atoms with E-state index >= 15 is 0 Å². The van der Waals surface area contributed by atoms with Crippen molar-refractivity contribution in [1.29, 1.82) is 0 Å². The van der Waals surface area contributed by atoms with Gasteiger partial charge in [-0.25, -0.2) is 0 Å². The van der Waals surface area contributed by atoms with Gasteiger partial charge >= 0.3 is 5.97 Å². The van der Waals surface area contributed by atoms with Gasteiger partial charge in [0.25, 0.3) is 0 Å². The number of ether oxygens (including phenoxy) is 1. The van der Waals surface area contributed by atoms with Gasteiger partial charge in [0.05, 0.1) is 0 Å². The van der Waals surface area contributed by atoms with Gasteiger partial charge in [-0.15, -0.1) is 0 Å². The zero-order valence-electron chi connectivity index (χ0n) is 8.01. The van der Waals surface area contributed by atoms with Crippen molar-refractivity contribution < 1.29 is 9.53 Å². The monoisotopic (exact) mass is 170 g/mol. The van der Waals surface area contributed by atoms with E-state index in [0.29, 0.717) is 5.92 Å². The molecule has 0 aromatic rings. The number of unbranched alkanes of at least 4 members (excludes halogenated alkanes) is 2. The maximum absolute atomic E-state index is 10.5. The third-order valence-electron chi connectivity index (χ3n) is 2.35. The van der Waals surface area contributed by atoms with Crippen LogP contribution in [0.25, 0.3) is 0 Å². The van der Waals surface area contributed by atoms with Crippen molar-refractivity contribution in [3.8, 4) is 0 Å². The van der Waals surface area contributed by atoms with Gasteiger partial charge in [-0.3, -0.25) is 4.79 Å². The summed E-state index contributed by atoms with van der Waals surface area (Å²) in [6.45, 7) is 3.69. The second kappa shape index (κ2) is 4.48. The first-order valence-corrected chi connectivity index (χ1v) is 4.91. The maximum Gasteiger partial charge on any atom is 0.302 e. The van der Waals surface area contributed by atoms with Crippen LogP contribution in [0, 0.1) is 5.92 Å². The number of hydrogen-bond donors (Lipinski definition) is 0. The van der Waals surface area contributed by atoms with Gasteiger partial charge in [-0.05, 0) is 18.8 Å². The zero-order chi connectivity index (χ0) is 8.97. The van der Waals surface area contributed by atoms with Gasteiger partial charge in [0, 0.05) is 6.92 Å². The lowest BCUT2D eigenvalue weighted by atomic mass is 10.1. The molecule has 0 unspecified atom stereocenters. The molecule has 0 aromatic carbocycles. The minimum Gasteiger partial charge on any atom is -0.462 e. The lowest BCUT2D eigenvalue weighted by molar-refractivity contribution is -0.142. The third-order valence-corrected chi connectivity index (χ3v) is 2.35. The van der Waals surface area contributed by atoms with Crippen LogP contribution >= 0.6 is 0 Å². The minimum atomic E-state index is -0.127. The summed E-state index contributed by atoms with van der Waals surface area (Å²) in [5.41, 5.74) is 0. The average molecular weight is 170 g/mol. The molecule has 0 radical (unpaired) electrons. The molecule has 1 aliphatic carbocycles. The molecule has 1 aliphatic rings. The van der Waals surface area contributed by atoms with E-state index in [1.54, 1.807) is 0 Å². The Hall–Kier alpha value is -0.530. The summed E-state index contributed by atoms with van der Waals surface area (Å²) in [5.74, 6) is 0.554. The molecule has 0 aromatic heterocycles. The van der Waals surface area contributed by atoms with Gasteiger partial charge in [0.15, 0.2) is 0 Å². The average Bonchev–Trinajstić information content (AvgIpc) is 2.67. The summed E-state index contributed by atoms with van der Waals surface area (Å²) in [7, 11) is 0. The fourth-order valence-electron chi connectivity index (χ4n) is 1.54. The summed E-state index contributed by atoms with van der Waals surface area (Å²) in [6, 6.07) is 0. The normalized spacial score (nSPS) is 26.8. The first-order chi connectivity index (χ1) is 5.74. The summed E-state index contributed by atoms with van der Waals surface area (Å²) in [4.78, 5) is 10.5. The van der Waals surface area contributed by atoms with E-state index in [2.05, 4.69) is 6.92 Å². The Bertz CT molecular complexity index is 154. The molecule has 1 fully saturated rings. The molecule has 0 N–H and O–H groups in total. The molecule has 0 spiro atoms. The number of carbonyl (C=O) groups excluding carboxylic acids is 1. The van der Waals surface area contributed by atoms with Crippen molar-refractivity contribution >= 4 is 5.97 Å². The Morgan fingerprint density at radius 2 is 2.25 bits per heavy atom. The van der Waals surface area contributed by atoms with Crippen molar-refractivity contribution in [2.45, 2.75) is 52.1 Å². The molecule has 70 valence electrons. The van der Waals surface area contributed by atoms with E-state index in [1.807, 2.05) is 0 Å². The van der Waals surface area contributed by atoms with Crippen molar-refractivity contribution in [3.63, 3.8) is 0 Å². The van der Waals surface area contributed by atoms with Gasteiger partial charge in [-0.1, -0.05) is 26.2 Å². The molecule has 2 heteroatoms. The van der Waals surface area contributed by atoms with E-state index in [9.17, 15) is 4.79 Å². The smallest absolute Gasteiger partial charge is 0.302 e. The van der Waals surface area contributed by atoms with Gasteiger partial charge in [0.1, 0.15) is 6.10 Å². The Morgan fingerprint density at radius 3 is 2.83 bits per heavy atom. The van der Waals surface area contributed by atoms with Crippen LogP contribution in [0.2, 0.25) is 0 Å². The lowest BCUT2D eigenvalue weighted by Crippen LogP contribution is -2.02. The topological polar surface area (TPSA) is 26.3 Å². The Kier molecular flexibility index (Phi) is 3.57.